The Morgan fingerprint density at radius 3 is 1.72 bits per heavy atom. The average Bonchev–Trinajstić information content (AvgIpc) is 3.09. The summed E-state index contributed by atoms with van der Waals surface area (Å²) in [5.74, 6) is 0.167. The number of rotatable bonds is 3. The molecule has 2 saturated heterocycles. The van der Waals surface area contributed by atoms with E-state index in [-0.39, 0.29) is 16.3 Å². The fraction of sp³-hybridized carbons (Fsp3) is 0.929. The number of primary sulfonamides is 2. The van der Waals surface area contributed by atoms with Crippen molar-refractivity contribution in [1.29, 1.82) is 0 Å². The number of sulfonamides is 2. The predicted molar refractivity (Wildman–Crippen MR) is 99.0 cm³/mol. The summed E-state index contributed by atoms with van der Waals surface area (Å²) in [7, 11) is -6.58. The molecule has 0 aromatic carbocycles. The molecule has 2 heterocycles. The maximum absolute atomic E-state index is 11.0. The Morgan fingerprint density at radius 2 is 1.52 bits per heavy atom. The Labute approximate surface area is 151 Å². The van der Waals surface area contributed by atoms with Crippen molar-refractivity contribution in [3.05, 3.63) is 0 Å². The topological polar surface area (TPSA) is 153 Å². The SMILES string of the molecule is CC(C)=O.CC(C)N1CCC(S(N)(=O)=O)C1.NS(=O)(=O)C1CCNC1. The second kappa shape index (κ2) is 10.5. The molecule has 5 N–H and O–H groups in total. The van der Waals surface area contributed by atoms with Crippen molar-refractivity contribution < 1.29 is 21.6 Å². The third-order valence-electron chi connectivity index (χ3n) is 3.85. The first-order chi connectivity index (χ1) is 11.2. The number of likely N-dealkylation sites (tertiary alicyclic amines) is 1. The molecule has 0 spiro atoms. The first-order valence-electron chi connectivity index (χ1n) is 8.20. The van der Waals surface area contributed by atoms with Gasteiger partial charge in [-0.25, -0.2) is 27.1 Å². The molecule has 2 aliphatic rings. The van der Waals surface area contributed by atoms with E-state index < -0.39 is 20.0 Å². The third-order valence-corrected chi connectivity index (χ3v) is 6.50. The van der Waals surface area contributed by atoms with Gasteiger partial charge in [0.1, 0.15) is 5.78 Å². The fourth-order valence-corrected chi connectivity index (χ4v) is 4.03. The number of hydrogen-bond acceptors (Lipinski definition) is 7. The zero-order valence-electron chi connectivity index (χ0n) is 15.4. The van der Waals surface area contributed by atoms with Gasteiger partial charge >= 0.3 is 0 Å². The van der Waals surface area contributed by atoms with Crippen molar-refractivity contribution in [2.45, 2.75) is 57.1 Å². The number of hydrogen-bond donors (Lipinski definition) is 3. The number of carbonyl (C=O) groups is 1. The normalized spacial score (nSPS) is 24.3. The molecular weight excluding hydrogens is 368 g/mol. The monoisotopic (exact) mass is 400 g/mol. The molecule has 2 atom stereocenters. The van der Waals surface area contributed by atoms with Crippen LogP contribution in [0, 0.1) is 0 Å². The highest BCUT2D eigenvalue weighted by molar-refractivity contribution is 7.90. The highest BCUT2D eigenvalue weighted by Crippen LogP contribution is 2.16. The number of nitrogens with two attached hydrogens (primary N) is 2. The number of Topliss-reactive ketones (excluding diaryl/α,β-unsaturated/α-hetero) is 1. The van der Waals surface area contributed by atoms with E-state index in [4.69, 9.17) is 10.3 Å². The average molecular weight is 401 g/mol. The number of ketones is 1. The summed E-state index contributed by atoms with van der Waals surface area (Å²) in [6.45, 7) is 9.90. The Bertz CT molecular complexity index is 609. The van der Waals surface area contributed by atoms with Crippen molar-refractivity contribution in [2.75, 3.05) is 26.2 Å². The number of carbonyl (C=O) groups excluding carboxylic acids is 1. The Balaban J connectivity index is 0.000000391. The molecule has 2 unspecified atom stereocenters. The molecule has 0 bridgehead atoms. The van der Waals surface area contributed by atoms with Gasteiger partial charge in [-0.3, -0.25) is 4.90 Å². The zero-order valence-corrected chi connectivity index (χ0v) is 17.1. The molecule has 0 amide bonds. The van der Waals surface area contributed by atoms with Crippen LogP contribution < -0.4 is 15.6 Å². The summed E-state index contributed by atoms with van der Waals surface area (Å²) in [4.78, 5) is 11.6. The van der Waals surface area contributed by atoms with Gasteiger partial charge in [-0.1, -0.05) is 0 Å². The first-order valence-corrected chi connectivity index (χ1v) is 11.4. The zero-order chi connectivity index (χ0) is 19.8. The summed E-state index contributed by atoms with van der Waals surface area (Å²) in [6, 6.07) is 0.414. The largest absolute Gasteiger partial charge is 0.315 e. The lowest BCUT2D eigenvalue weighted by Gasteiger charge is -2.19. The minimum absolute atomic E-state index is 0.167. The van der Waals surface area contributed by atoms with E-state index in [0.29, 0.717) is 32.0 Å². The van der Waals surface area contributed by atoms with Gasteiger partial charge in [0.2, 0.25) is 20.0 Å². The van der Waals surface area contributed by atoms with Crippen molar-refractivity contribution in [3.63, 3.8) is 0 Å². The van der Waals surface area contributed by atoms with E-state index in [1.165, 1.54) is 13.8 Å². The van der Waals surface area contributed by atoms with Crippen LogP contribution in [0.25, 0.3) is 0 Å². The molecule has 0 radical (unpaired) electrons. The van der Waals surface area contributed by atoms with Crippen LogP contribution in [0.5, 0.6) is 0 Å². The quantitative estimate of drug-likeness (QED) is 0.548. The molecule has 11 heteroatoms. The van der Waals surface area contributed by atoms with E-state index >= 15 is 0 Å². The number of nitrogens with one attached hydrogen (secondary N) is 1. The molecule has 2 fully saturated rings. The van der Waals surface area contributed by atoms with Crippen LogP contribution in [0.2, 0.25) is 0 Å². The Kier molecular flexibility index (Phi) is 10.3. The van der Waals surface area contributed by atoms with E-state index in [9.17, 15) is 21.6 Å². The van der Waals surface area contributed by atoms with E-state index in [1.54, 1.807) is 0 Å². The Morgan fingerprint density at radius 1 is 1.04 bits per heavy atom. The molecular formula is C14H32N4O5S2. The second-order valence-corrected chi connectivity index (χ2v) is 10.4. The molecule has 2 rings (SSSR count). The van der Waals surface area contributed by atoms with Gasteiger partial charge in [0.05, 0.1) is 10.5 Å². The van der Waals surface area contributed by atoms with Crippen molar-refractivity contribution in [2.24, 2.45) is 10.3 Å². The summed E-state index contributed by atoms with van der Waals surface area (Å²) < 4.78 is 43.0. The van der Waals surface area contributed by atoms with Crippen LogP contribution in [-0.4, -0.2) is 70.2 Å². The Hall–Kier alpha value is -0.590. The van der Waals surface area contributed by atoms with Gasteiger partial charge in [-0.05, 0) is 53.6 Å². The summed E-state index contributed by atoms with van der Waals surface area (Å²) in [5, 5.41) is 12.1. The maximum atomic E-state index is 11.0. The van der Waals surface area contributed by atoms with E-state index in [1.807, 2.05) is 0 Å². The summed E-state index contributed by atoms with van der Waals surface area (Å²) in [5.41, 5.74) is 0. The number of nitrogens with zero attached hydrogens (tertiary/aromatic N) is 1. The standard InChI is InChI=1S/C7H16N2O2S.C4H10N2O2S.C3H6O/c1-6(2)9-4-3-7(5-9)12(8,10)11;5-9(7,8)4-1-2-6-3-4;1-3(2)4/h6-7H,3-5H2,1-2H3,(H2,8,10,11);4,6H,1-3H2,(H2,5,7,8);1-2H3. The van der Waals surface area contributed by atoms with Gasteiger partial charge in [0, 0.05) is 19.1 Å². The molecule has 0 aliphatic carbocycles. The highest BCUT2D eigenvalue weighted by Gasteiger charge is 2.31. The fourth-order valence-electron chi connectivity index (χ4n) is 2.40. The van der Waals surface area contributed by atoms with Crippen LogP contribution in [0.1, 0.15) is 40.5 Å². The van der Waals surface area contributed by atoms with Crippen molar-refractivity contribution >= 4 is 25.8 Å². The molecule has 0 aromatic rings. The lowest BCUT2D eigenvalue weighted by Crippen LogP contribution is -2.34. The van der Waals surface area contributed by atoms with Crippen LogP contribution in [0.3, 0.4) is 0 Å². The maximum Gasteiger partial charge on any atom is 0.213 e. The van der Waals surface area contributed by atoms with E-state index in [2.05, 4.69) is 24.1 Å². The minimum atomic E-state index is -3.31. The van der Waals surface area contributed by atoms with Gasteiger partial charge in [0.15, 0.2) is 0 Å². The molecule has 2 aliphatic heterocycles. The lowest BCUT2D eigenvalue weighted by molar-refractivity contribution is -0.115. The molecule has 0 aromatic heterocycles. The van der Waals surface area contributed by atoms with Crippen LogP contribution in [0.15, 0.2) is 0 Å². The molecule has 9 nitrogen and oxygen atoms in total. The summed E-state index contributed by atoms with van der Waals surface area (Å²) >= 11 is 0. The van der Waals surface area contributed by atoms with Crippen molar-refractivity contribution in [1.82, 2.24) is 10.2 Å². The minimum Gasteiger partial charge on any atom is -0.315 e. The lowest BCUT2D eigenvalue weighted by atomic mass is 10.3. The molecule has 25 heavy (non-hydrogen) atoms. The van der Waals surface area contributed by atoms with Gasteiger partial charge in [-0.2, -0.15) is 0 Å². The van der Waals surface area contributed by atoms with Crippen molar-refractivity contribution in [3.8, 4) is 0 Å². The molecule has 0 saturated carbocycles. The smallest absolute Gasteiger partial charge is 0.213 e. The molecule has 150 valence electrons. The van der Waals surface area contributed by atoms with Gasteiger partial charge in [0.25, 0.3) is 0 Å². The first kappa shape index (κ1) is 24.4. The highest BCUT2D eigenvalue weighted by atomic mass is 32.2. The van der Waals surface area contributed by atoms with Crippen LogP contribution >= 0.6 is 0 Å². The van der Waals surface area contributed by atoms with Crippen LogP contribution in [0.4, 0.5) is 0 Å². The van der Waals surface area contributed by atoms with Gasteiger partial charge in [-0.15, -0.1) is 0 Å². The van der Waals surface area contributed by atoms with Crippen LogP contribution in [-0.2, 0) is 24.8 Å². The third kappa shape index (κ3) is 10.9. The second-order valence-electron chi connectivity index (χ2n) is 6.70. The van der Waals surface area contributed by atoms with Gasteiger partial charge < -0.3 is 10.1 Å². The summed E-state index contributed by atoms with van der Waals surface area (Å²) in [6.07, 6.45) is 1.33. The predicted octanol–water partition coefficient (Wildman–Crippen LogP) is -1.01. The van der Waals surface area contributed by atoms with E-state index in [0.717, 1.165) is 13.1 Å².